The summed E-state index contributed by atoms with van der Waals surface area (Å²) >= 11 is 0. The van der Waals surface area contributed by atoms with Crippen LogP contribution in [0.4, 0.5) is 4.39 Å². The van der Waals surface area contributed by atoms with Gasteiger partial charge in [0.15, 0.2) is 0 Å². The second-order valence-corrected chi connectivity index (χ2v) is 6.74. The van der Waals surface area contributed by atoms with Gasteiger partial charge in [-0.2, -0.15) is 5.10 Å². The van der Waals surface area contributed by atoms with Gasteiger partial charge < -0.3 is 15.6 Å². The summed E-state index contributed by atoms with van der Waals surface area (Å²) in [5, 5.41) is 11.7. The van der Waals surface area contributed by atoms with Gasteiger partial charge in [0.25, 0.3) is 0 Å². The summed E-state index contributed by atoms with van der Waals surface area (Å²) in [7, 11) is 0. The Hall–Kier alpha value is -2.38. The van der Waals surface area contributed by atoms with E-state index in [1.165, 1.54) is 12.1 Å². The molecular formula is C19H23ClFN5O. The molecule has 1 aliphatic heterocycles. The zero-order chi connectivity index (χ0) is 18.0. The average Bonchev–Trinajstić information content (AvgIpc) is 3.32. The highest BCUT2D eigenvalue weighted by Crippen LogP contribution is 2.27. The summed E-state index contributed by atoms with van der Waals surface area (Å²) in [4.78, 5) is 16.1. The van der Waals surface area contributed by atoms with E-state index in [2.05, 4.69) is 20.7 Å². The molecule has 3 heterocycles. The summed E-state index contributed by atoms with van der Waals surface area (Å²) < 4.78 is 15.1. The van der Waals surface area contributed by atoms with Gasteiger partial charge in [0, 0.05) is 36.0 Å². The molecule has 0 aliphatic carbocycles. The number of hydrogen-bond donors (Lipinski definition) is 3. The molecule has 0 atom stereocenters. The van der Waals surface area contributed by atoms with E-state index < -0.39 is 5.54 Å². The first-order valence-corrected chi connectivity index (χ1v) is 8.94. The summed E-state index contributed by atoms with van der Waals surface area (Å²) in [5.41, 5.74) is 1.22. The molecule has 6 nitrogen and oxygen atoms in total. The molecule has 144 valence electrons. The maximum absolute atomic E-state index is 13.3. The molecule has 1 aromatic carbocycles. The zero-order valence-corrected chi connectivity index (χ0v) is 15.7. The molecule has 8 heteroatoms. The maximum atomic E-state index is 13.3. The topological polar surface area (TPSA) is 74.7 Å². The van der Waals surface area contributed by atoms with Crippen molar-refractivity contribution < 1.29 is 9.18 Å². The monoisotopic (exact) mass is 391 g/mol. The van der Waals surface area contributed by atoms with Crippen LogP contribution in [0.5, 0.6) is 0 Å². The molecule has 0 spiro atoms. The van der Waals surface area contributed by atoms with Crippen LogP contribution in [-0.4, -0.2) is 40.3 Å². The van der Waals surface area contributed by atoms with Gasteiger partial charge in [-0.25, -0.2) is 4.39 Å². The number of amides is 1. The zero-order valence-electron chi connectivity index (χ0n) is 14.9. The van der Waals surface area contributed by atoms with E-state index in [0.29, 0.717) is 25.8 Å². The summed E-state index contributed by atoms with van der Waals surface area (Å²) in [6.07, 6.45) is 7.57. The minimum atomic E-state index is -0.627. The SMILES string of the molecule is Cl.O=C(NCCc1c[nH]c2cc(F)ccc12)C1(n2cccn2)CCNCC1. The Morgan fingerprint density at radius 1 is 1.33 bits per heavy atom. The van der Waals surface area contributed by atoms with Crippen molar-refractivity contribution in [1.29, 1.82) is 0 Å². The van der Waals surface area contributed by atoms with Crippen LogP contribution in [-0.2, 0) is 16.8 Å². The van der Waals surface area contributed by atoms with Crippen LogP contribution >= 0.6 is 12.4 Å². The van der Waals surface area contributed by atoms with Gasteiger partial charge >= 0.3 is 0 Å². The quantitative estimate of drug-likeness (QED) is 0.625. The third-order valence-electron chi connectivity index (χ3n) is 5.21. The van der Waals surface area contributed by atoms with E-state index in [-0.39, 0.29) is 24.1 Å². The Morgan fingerprint density at radius 2 is 2.15 bits per heavy atom. The van der Waals surface area contributed by atoms with E-state index in [0.717, 1.165) is 29.6 Å². The number of nitrogens with one attached hydrogen (secondary N) is 3. The van der Waals surface area contributed by atoms with E-state index >= 15 is 0 Å². The van der Waals surface area contributed by atoms with Gasteiger partial charge in [-0.05, 0) is 62.2 Å². The molecule has 1 fully saturated rings. The Bertz CT molecular complexity index is 902. The molecule has 0 saturated carbocycles. The number of carbonyl (C=O) groups is 1. The van der Waals surface area contributed by atoms with Gasteiger partial charge in [0.2, 0.25) is 5.91 Å². The predicted octanol–water partition coefficient (Wildman–Crippen LogP) is 2.36. The molecule has 27 heavy (non-hydrogen) atoms. The lowest BCUT2D eigenvalue weighted by Gasteiger charge is -2.36. The summed E-state index contributed by atoms with van der Waals surface area (Å²) in [5.74, 6) is -0.250. The second-order valence-electron chi connectivity index (χ2n) is 6.74. The summed E-state index contributed by atoms with van der Waals surface area (Å²) in [6, 6.07) is 6.57. The Morgan fingerprint density at radius 3 is 2.89 bits per heavy atom. The fourth-order valence-corrected chi connectivity index (χ4v) is 3.76. The van der Waals surface area contributed by atoms with Crippen LogP contribution in [0.1, 0.15) is 18.4 Å². The molecule has 2 aromatic heterocycles. The second kappa shape index (κ2) is 8.10. The highest BCUT2D eigenvalue weighted by atomic mass is 35.5. The first-order chi connectivity index (χ1) is 12.7. The lowest BCUT2D eigenvalue weighted by atomic mass is 9.87. The van der Waals surface area contributed by atoms with Crippen LogP contribution in [0.15, 0.2) is 42.9 Å². The van der Waals surface area contributed by atoms with Crippen LogP contribution in [0.2, 0.25) is 0 Å². The highest BCUT2D eigenvalue weighted by molar-refractivity contribution is 5.86. The first kappa shape index (κ1) is 19.4. The van der Waals surface area contributed by atoms with Crippen LogP contribution < -0.4 is 10.6 Å². The standard InChI is InChI=1S/C19H22FN5O.ClH/c20-15-2-3-16-14(13-23-17(16)12-15)4-8-22-18(26)19(5-9-21-10-6-19)25-11-1-7-24-25;/h1-3,7,11-13,21,23H,4-6,8-10H2,(H,22,26);1H. The van der Waals surface area contributed by atoms with Gasteiger partial charge in [-0.15, -0.1) is 12.4 Å². The normalized spacial score (nSPS) is 16.0. The van der Waals surface area contributed by atoms with Gasteiger partial charge in [0.05, 0.1) is 0 Å². The molecule has 1 amide bonds. The fourth-order valence-electron chi connectivity index (χ4n) is 3.76. The Kier molecular flexibility index (Phi) is 5.82. The number of halogens is 2. The van der Waals surface area contributed by atoms with Crippen molar-refractivity contribution in [2.45, 2.75) is 24.8 Å². The average molecular weight is 392 g/mol. The third kappa shape index (κ3) is 3.70. The molecule has 0 bridgehead atoms. The highest BCUT2D eigenvalue weighted by Gasteiger charge is 2.41. The molecule has 0 radical (unpaired) electrons. The Labute approximate surface area is 162 Å². The lowest BCUT2D eigenvalue weighted by molar-refractivity contribution is -0.131. The van der Waals surface area contributed by atoms with Crippen LogP contribution in [0.25, 0.3) is 10.9 Å². The van der Waals surface area contributed by atoms with E-state index in [1.807, 2.05) is 18.5 Å². The number of nitrogens with zero attached hydrogens (tertiary/aromatic N) is 2. The molecule has 3 N–H and O–H groups in total. The van der Waals surface area contributed by atoms with Crippen molar-refractivity contribution in [3.63, 3.8) is 0 Å². The number of H-pyrrole nitrogens is 1. The van der Waals surface area contributed by atoms with E-state index in [9.17, 15) is 9.18 Å². The maximum Gasteiger partial charge on any atom is 0.248 e. The van der Waals surface area contributed by atoms with Crippen molar-refractivity contribution in [3.05, 3.63) is 54.2 Å². The Balaban J connectivity index is 0.00000210. The third-order valence-corrected chi connectivity index (χ3v) is 5.21. The van der Waals surface area contributed by atoms with Crippen molar-refractivity contribution in [2.75, 3.05) is 19.6 Å². The van der Waals surface area contributed by atoms with Crippen molar-refractivity contribution >= 4 is 29.2 Å². The van der Waals surface area contributed by atoms with Gasteiger partial charge in [-0.3, -0.25) is 9.48 Å². The number of hydrogen-bond acceptors (Lipinski definition) is 3. The molecule has 1 aliphatic rings. The predicted molar refractivity (Wildman–Crippen MR) is 105 cm³/mol. The van der Waals surface area contributed by atoms with Gasteiger partial charge in [0.1, 0.15) is 11.4 Å². The smallest absolute Gasteiger partial charge is 0.248 e. The van der Waals surface area contributed by atoms with E-state index in [1.54, 1.807) is 16.9 Å². The number of piperidine rings is 1. The summed E-state index contributed by atoms with van der Waals surface area (Å²) in [6.45, 7) is 2.11. The van der Waals surface area contributed by atoms with Crippen molar-refractivity contribution in [2.24, 2.45) is 0 Å². The number of rotatable bonds is 5. The number of aromatic amines is 1. The van der Waals surface area contributed by atoms with E-state index in [4.69, 9.17) is 0 Å². The minimum absolute atomic E-state index is 0. The van der Waals surface area contributed by atoms with Crippen molar-refractivity contribution in [1.82, 2.24) is 25.4 Å². The molecule has 1 saturated heterocycles. The number of aromatic nitrogens is 3. The van der Waals surface area contributed by atoms with Crippen LogP contribution in [0, 0.1) is 5.82 Å². The number of benzene rings is 1. The lowest BCUT2D eigenvalue weighted by Crippen LogP contribution is -2.54. The van der Waals surface area contributed by atoms with Crippen LogP contribution in [0.3, 0.4) is 0 Å². The number of carbonyl (C=O) groups excluding carboxylic acids is 1. The van der Waals surface area contributed by atoms with Crippen molar-refractivity contribution in [3.8, 4) is 0 Å². The van der Waals surface area contributed by atoms with Gasteiger partial charge in [-0.1, -0.05) is 0 Å². The largest absolute Gasteiger partial charge is 0.361 e. The molecule has 4 rings (SSSR count). The number of fused-ring (bicyclic) bond motifs is 1. The molecular weight excluding hydrogens is 369 g/mol. The molecule has 3 aromatic rings. The first-order valence-electron chi connectivity index (χ1n) is 8.94. The fraction of sp³-hybridized carbons (Fsp3) is 0.368. The minimum Gasteiger partial charge on any atom is -0.361 e. The molecule has 0 unspecified atom stereocenters.